The van der Waals surface area contributed by atoms with Gasteiger partial charge >= 0.3 is 0 Å². The molecule has 1 aliphatic heterocycles. The van der Waals surface area contributed by atoms with E-state index in [4.69, 9.17) is 0 Å². The number of nitrogens with zero attached hydrogens (tertiary/aromatic N) is 3. The van der Waals surface area contributed by atoms with E-state index < -0.39 is 0 Å². The summed E-state index contributed by atoms with van der Waals surface area (Å²) in [6.45, 7) is 1.91. The van der Waals surface area contributed by atoms with E-state index in [9.17, 15) is 0 Å². The Morgan fingerprint density at radius 2 is 1.79 bits per heavy atom. The summed E-state index contributed by atoms with van der Waals surface area (Å²) in [6, 6.07) is 16.8. The minimum Gasteiger partial charge on any atom is -0.324 e. The van der Waals surface area contributed by atoms with Crippen LogP contribution in [0, 0.1) is 10.5 Å². The Kier molecular flexibility index (Phi) is 4.17. The lowest BCUT2D eigenvalue weighted by molar-refractivity contribution is 0.607. The zero-order chi connectivity index (χ0) is 16.7. The highest BCUT2D eigenvalue weighted by atomic mass is 127. The topological polar surface area (TPSA) is 42.7 Å². The van der Waals surface area contributed by atoms with Crippen molar-refractivity contribution in [2.45, 2.75) is 13.0 Å². The molecule has 6 heteroatoms. The number of anilines is 1. The van der Waals surface area contributed by atoms with Crippen LogP contribution < -0.4 is 5.32 Å². The van der Waals surface area contributed by atoms with Crippen LogP contribution >= 0.6 is 38.5 Å². The van der Waals surface area contributed by atoms with Crippen LogP contribution in [0.15, 0.2) is 59.1 Å². The largest absolute Gasteiger partial charge is 0.324 e. The number of nitrogens with one attached hydrogen (secondary N) is 1. The summed E-state index contributed by atoms with van der Waals surface area (Å²) in [5.74, 6) is 1.54. The van der Waals surface area contributed by atoms with Gasteiger partial charge in [-0.2, -0.15) is 10.1 Å². The van der Waals surface area contributed by atoms with E-state index in [1.807, 2.05) is 11.6 Å². The predicted molar refractivity (Wildman–Crippen MR) is 108 cm³/mol. The van der Waals surface area contributed by atoms with Gasteiger partial charge in [0, 0.05) is 13.7 Å². The van der Waals surface area contributed by atoms with E-state index in [2.05, 4.69) is 109 Å². The minimum atomic E-state index is 0.0184. The van der Waals surface area contributed by atoms with Gasteiger partial charge in [-0.15, -0.1) is 0 Å². The van der Waals surface area contributed by atoms with E-state index in [-0.39, 0.29) is 6.04 Å². The van der Waals surface area contributed by atoms with Gasteiger partial charge in [0.25, 0.3) is 0 Å². The highest BCUT2D eigenvalue weighted by Gasteiger charge is 2.24. The van der Waals surface area contributed by atoms with Crippen LogP contribution in [0.1, 0.15) is 23.0 Å². The van der Waals surface area contributed by atoms with Gasteiger partial charge in [0.05, 0.1) is 0 Å². The number of allylic oxidation sites excluding steroid dienone is 1. The second-order valence-corrected chi connectivity index (χ2v) is 7.80. The molecule has 0 bridgehead atoms. The third-order valence-corrected chi connectivity index (χ3v) is 5.19. The average Bonchev–Trinajstić information content (AvgIpc) is 2.95. The van der Waals surface area contributed by atoms with Crippen LogP contribution in [-0.4, -0.2) is 14.8 Å². The van der Waals surface area contributed by atoms with Crippen molar-refractivity contribution >= 4 is 50.2 Å². The molecule has 120 valence electrons. The molecule has 1 N–H and O–H groups in total. The van der Waals surface area contributed by atoms with Gasteiger partial charge in [0.1, 0.15) is 11.9 Å². The first kappa shape index (κ1) is 15.8. The van der Waals surface area contributed by atoms with Crippen molar-refractivity contribution in [1.82, 2.24) is 14.8 Å². The van der Waals surface area contributed by atoms with Crippen molar-refractivity contribution in [3.63, 3.8) is 0 Å². The monoisotopic (exact) mass is 492 g/mol. The highest BCUT2D eigenvalue weighted by Crippen LogP contribution is 2.33. The first-order valence-electron chi connectivity index (χ1n) is 7.53. The summed E-state index contributed by atoms with van der Waals surface area (Å²) in [5.41, 5.74) is 3.37. The third kappa shape index (κ3) is 3.00. The fraction of sp³-hybridized carbons (Fsp3) is 0.111. The van der Waals surface area contributed by atoms with Gasteiger partial charge in [-0.05, 0) is 71.0 Å². The summed E-state index contributed by atoms with van der Waals surface area (Å²) < 4.78 is 4.22. The zero-order valence-corrected chi connectivity index (χ0v) is 16.6. The van der Waals surface area contributed by atoms with Crippen molar-refractivity contribution in [3.05, 3.63) is 79.6 Å². The second-order valence-electron chi connectivity index (χ2n) is 5.64. The Morgan fingerprint density at radius 3 is 2.50 bits per heavy atom. The molecule has 0 fully saturated rings. The number of aromatic nitrogens is 3. The quantitative estimate of drug-likeness (QED) is 0.511. The molecule has 0 aliphatic carbocycles. The van der Waals surface area contributed by atoms with Crippen LogP contribution in [-0.2, 0) is 0 Å². The molecular weight excluding hydrogens is 479 g/mol. The number of benzene rings is 2. The molecule has 0 radical (unpaired) electrons. The Labute approximate surface area is 162 Å². The first-order valence-corrected chi connectivity index (χ1v) is 9.41. The van der Waals surface area contributed by atoms with Gasteiger partial charge < -0.3 is 5.32 Å². The van der Waals surface area contributed by atoms with Gasteiger partial charge in [0.2, 0.25) is 5.95 Å². The molecule has 3 aromatic rings. The first-order chi connectivity index (χ1) is 11.6. The van der Waals surface area contributed by atoms with E-state index in [0.717, 1.165) is 27.5 Å². The Bertz CT molecular complexity index is 913. The summed E-state index contributed by atoms with van der Waals surface area (Å²) in [7, 11) is 0. The Morgan fingerprint density at radius 1 is 1.08 bits per heavy atom. The molecule has 0 saturated heterocycles. The van der Waals surface area contributed by atoms with Gasteiger partial charge in [0.15, 0.2) is 0 Å². The number of halogens is 2. The maximum absolute atomic E-state index is 4.56. The summed E-state index contributed by atoms with van der Waals surface area (Å²) in [4.78, 5) is 4.53. The average molecular weight is 493 g/mol. The minimum absolute atomic E-state index is 0.0184. The molecule has 1 aliphatic rings. The summed E-state index contributed by atoms with van der Waals surface area (Å²) in [5, 5.41) is 7.96. The van der Waals surface area contributed by atoms with Crippen LogP contribution in [0.25, 0.3) is 5.70 Å². The summed E-state index contributed by atoms with van der Waals surface area (Å²) in [6.07, 6.45) is 2.20. The van der Waals surface area contributed by atoms with Gasteiger partial charge in [-0.3, -0.25) is 0 Å². The lowest BCUT2D eigenvalue weighted by atomic mass is 10.0. The van der Waals surface area contributed by atoms with E-state index in [1.54, 1.807) is 0 Å². The molecule has 1 atom stereocenters. The van der Waals surface area contributed by atoms with Crippen LogP contribution in [0.4, 0.5) is 5.95 Å². The SMILES string of the molecule is Cc1nc2n(n1)C(c1ccc(Br)cc1)C=C(c1ccc(I)cc1)N2. The number of hydrogen-bond donors (Lipinski definition) is 1. The van der Waals surface area contributed by atoms with Gasteiger partial charge in [-0.25, -0.2) is 4.68 Å². The van der Waals surface area contributed by atoms with Crippen molar-refractivity contribution < 1.29 is 0 Å². The molecule has 0 saturated carbocycles. The molecule has 0 amide bonds. The smallest absolute Gasteiger partial charge is 0.226 e. The fourth-order valence-corrected chi connectivity index (χ4v) is 3.42. The van der Waals surface area contributed by atoms with E-state index in [1.165, 1.54) is 9.13 Å². The predicted octanol–water partition coefficient (Wildman–Crippen LogP) is 5.01. The summed E-state index contributed by atoms with van der Waals surface area (Å²) >= 11 is 5.81. The standard InChI is InChI=1S/C18H14BrIN4/c1-11-21-18-22-16(12-4-8-15(20)9-5-12)10-17(24(18)23-11)13-2-6-14(19)7-3-13/h2-10,17H,1H3,(H,21,22,23). The van der Waals surface area contributed by atoms with Gasteiger partial charge in [-0.1, -0.05) is 40.2 Å². The molecule has 0 spiro atoms. The molecular formula is C18H14BrIN4. The molecule has 4 rings (SSSR count). The molecule has 4 nitrogen and oxygen atoms in total. The molecule has 1 unspecified atom stereocenters. The van der Waals surface area contributed by atoms with Crippen molar-refractivity contribution in [1.29, 1.82) is 0 Å². The van der Waals surface area contributed by atoms with Crippen molar-refractivity contribution in [2.24, 2.45) is 0 Å². The maximum atomic E-state index is 4.56. The number of aryl methyl sites for hydroxylation is 1. The van der Waals surface area contributed by atoms with Crippen LogP contribution in [0.5, 0.6) is 0 Å². The maximum Gasteiger partial charge on any atom is 0.226 e. The lowest BCUT2D eigenvalue weighted by Gasteiger charge is -2.24. The second kappa shape index (κ2) is 6.33. The Hall–Kier alpha value is -1.67. The lowest BCUT2D eigenvalue weighted by Crippen LogP contribution is -2.20. The number of fused-ring (bicyclic) bond motifs is 1. The highest BCUT2D eigenvalue weighted by molar-refractivity contribution is 14.1. The van der Waals surface area contributed by atoms with Crippen molar-refractivity contribution in [3.8, 4) is 0 Å². The third-order valence-electron chi connectivity index (χ3n) is 3.94. The molecule has 2 aromatic carbocycles. The molecule has 2 heterocycles. The number of rotatable bonds is 2. The zero-order valence-electron chi connectivity index (χ0n) is 12.9. The fourth-order valence-electron chi connectivity index (χ4n) is 2.80. The van der Waals surface area contributed by atoms with E-state index >= 15 is 0 Å². The van der Waals surface area contributed by atoms with Crippen LogP contribution in [0.2, 0.25) is 0 Å². The van der Waals surface area contributed by atoms with Crippen molar-refractivity contribution in [2.75, 3.05) is 5.32 Å². The molecule has 24 heavy (non-hydrogen) atoms. The normalized spacial score (nSPS) is 16.3. The van der Waals surface area contributed by atoms with Crippen LogP contribution in [0.3, 0.4) is 0 Å². The Balaban J connectivity index is 1.82. The number of hydrogen-bond acceptors (Lipinski definition) is 3. The van der Waals surface area contributed by atoms with E-state index in [0.29, 0.717) is 0 Å². The molecule has 1 aromatic heterocycles.